The first-order chi connectivity index (χ1) is 17.1. The zero-order chi connectivity index (χ0) is 26.0. The molecule has 0 bridgehead atoms. The maximum absolute atomic E-state index is 13.7. The van der Waals surface area contributed by atoms with Crippen molar-refractivity contribution < 1.29 is 13.3 Å². The number of nitrogens with zero attached hydrogens (tertiary/aromatic N) is 3. The lowest BCUT2D eigenvalue weighted by atomic mass is 10.0. The predicted molar refractivity (Wildman–Crippen MR) is 137 cm³/mol. The summed E-state index contributed by atoms with van der Waals surface area (Å²) in [6.07, 6.45) is 0.277. The van der Waals surface area contributed by atoms with Crippen LogP contribution < -0.4 is 16.0 Å². The standard InChI is InChI=1S/C25H25N5O5S/c1-16(2)15-21(28-36(34,35)18-13-11-17(26)12-14-18)24-27-20-8-4-3-7-19(20)25(31)29(24)22-9-5-6-10-23(22)30(32)33/h3-14,16,21,28H,15,26H2,1-2H3. The highest BCUT2D eigenvalue weighted by atomic mass is 32.2. The highest BCUT2D eigenvalue weighted by Crippen LogP contribution is 2.29. The van der Waals surface area contributed by atoms with E-state index >= 15 is 0 Å². The van der Waals surface area contributed by atoms with Crippen LogP contribution in [0.5, 0.6) is 0 Å². The second-order valence-corrected chi connectivity index (χ2v) is 10.5. The van der Waals surface area contributed by atoms with Crippen LogP contribution in [0.3, 0.4) is 0 Å². The van der Waals surface area contributed by atoms with Gasteiger partial charge in [0.2, 0.25) is 10.0 Å². The molecule has 3 N–H and O–H groups in total. The molecule has 4 aromatic rings. The van der Waals surface area contributed by atoms with Crippen LogP contribution in [-0.2, 0) is 10.0 Å². The Morgan fingerprint density at radius 3 is 2.33 bits per heavy atom. The summed E-state index contributed by atoms with van der Waals surface area (Å²) in [5.74, 6) is 0.0485. The summed E-state index contributed by atoms with van der Waals surface area (Å²) in [5.41, 5.74) is 5.63. The number of hydrogen-bond donors (Lipinski definition) is 2. The Kier molecular flexibility index (Phi) is 6.86. The molecule has 0 aliphatic heterocycles. The van der Waals surface area contributed by atoms with Gasteiger partial charge >= 0.3 is 0 Å². The monoisotopic (exact) mass is 507 g/mol. The molecule has 1 aromatic heterocycles. The van der Waals surface area contributed by atoms with E-state index in [4.69, 9.17) is 5.73 Å². The third kappa shape index (κ3) is 4.97. The number of nitro benzene ring substituents is 1. The van der Waals surface area contributed by atoms with Crippen LogP contribution in [-0.4, -0.2) is 22.9 Å². The molecule has 0 fully saturated rings. The molecule has 11 heteroatoms. The van der Waals surface area contributed by atoms with Crippen LogP contribution in [0.2, 0.25) is 0 Å². The largest absolute Gasteiger partial charge is 0.399 e. The molecule has 186 valence electrons. The smallest absolute Gasteiger partial charge is 0.293 e. The number of nitrogens with two attached hydrogens (primary N) is 1. The summed E-state index contributed by atoms with van der Waals surface area (Å²) >= 11 is 0. The number of sulfonamides is 1. The molecule has 0 spiro atoms. The number of aromatic nitrogens is 2. The Hall–Kier alpha value is -4.09. The van der Waals surface area contributed by atoms with E-state index in [9.17, 15) is 23.3 Å². The fourth-order valence-corrected chi connectivity index (χ4v) is 5.21. The van der Waals surface area contributed by atoms with Gasteiger partial charge in [-0.15, -0.1) is 0 Å². The zero-order valence-electron chi connectivity index (χ0n) is 19.7. The number of fused-ring (bicyclic) bond motifs is 1. The summed E-state index contributed by atoms with van der Waals surface area (Å²) in [7, 11) is -4.06. The van der Waals surface area contributed by atoms with Gasteiger partial charge in [-0.1, -0.05) is 38.1 Å². The van der Waals surface area contributed by atoms with Crippen molar-refractivity contribution in [1.29, 1.82) is 0 Å². The highest BCUT2D eigenvalue weighted by molar-refractivity contribution is 7.89. The van der Waals surface area contributed by atoms with Crippen molar-refractivity contribution in [3.05, 3.63) is 99.1 Å². The van der Waals surface area contributed by atoms with E-state index in [2.05, 4.69) is 9.71 Å². The zero-order valence-corrected chi connectivity index (χ0v) is 20.5. The van der Waals surface area contributed by atoms with Crippen molar-refractivity contribution in [3.8, 4) is 5.69 Å². The number of rotatable bonds is 8. The van der Waals surface area contributed by atoms with E-state index in [1.807, 2.05) is 13.8 Å². The van der Waals surface area contributed by atoms with E-state index in [0.29, 0.717) is 11.2 Å². The molecule has 36 heavy (non-hydrogen) atoms. The minimum atomic E-state index is -4.06. The topological polar surface area (TPSA) is 150 Å². The molecule has 4 rings (SSSR count). The molecule has 3 aromatic carbocycles. The first kappa shape index (κ1) is 25.0. The number of hydrogen-bond acceptors (Lipinski definition) is 7. The Balaban J connectivity index is 1.99. The Labute approximate surface area is 207 Å². The third-order valence-electron chi connectivity index (χ3n) is 5.63. The lowest BCUT2D eigenvalue weighted by molar-refractivity contribution is -0.384. The van der Waals surface area contributed by atoms with Gasteiger partial charge in [0.25, 0.3) is 11.2 Å². The quantitative estimate of drug-likeness (QED) is 0.208. The van der Waals surface area contributed by atoms with Crippen LogP contribution in [0.15, 0.2) is 82.5 Å². The van der Waals surface area contributed by atoms with Crippen molar-refractivity contribution in [2.24, 2.45) is 5.92 Å². The lowest BCUT2D eigenvalue weighted by Gasteiger charge is -2.24. The van der Waals surface area contributed by atoms with Crippen LogP contribution in [0.4, 0.5) is 11.4 Å². The normalized spacial score (nSPS) is 12.6. The molecule has 10 nitrogen and oxygen atoms in total. The van der Waals surface area contributed by atoms with Gasteiger partial charge in [-0.25, -0.2) is 18.1 Å². The Bertz CT molecular complexity index is 1600. The van der Waals surface area contributed by atoms with E-state index in [1.165, 1.54) is 42.5 Å². The molecule has 0 amide bonds. The highest BCUT2D eigenvalue weighted by Gasteiger charge is 2.29. The van der Waals surface area contributed by atoms with Gasteiger partial charge in [0.05, 0.1) is 26.8 Å². The summed E-state index contributed by atoms with van der Waals surface area (Å²) in [6, 6.07) is 17.2. The van der Waals surface area contributed by atoms with Crippen LogP contribution in [0.25, 0.3) is 16.6 Å². The minimum Gasteiger partial charge on any atom is -0.399 e. The summed E-state index contributed by atoms with van der Waals surface area (Å²) in [5, 5.41) is 12.1. The number of para-hydroxylation sites is 3. The number of benzene rings is 3. The SMILES string of the molecule is CC(C)CC(NS(=O)(=O)c1ccc(N)cc1)c1nc2ccccc2c(=O)n1-c1ccccc1[N+](=O)[O-]. The van der Waals surface area contributed by atoms with Gasteiger partial charge in [-0.2, -0.15) is 0 Å². The number of nitrogen functional groups attached to an aromatic ring is 1. The van der Waals surface area contributed by atoms with Crippen molar-refractivity contribution in [2.75, 3.05) is 5.73 Å². The average Bonchev–Trinajstić information content (AvgIpc) is 2.83. The van der Waals surface area contributed by atoms with Crippen molar-refractivity contribution in [3.63, 3.8) is 0 Å². The molecule has 0 aliphatic rings. The molecular formula is C25H25N5O5S. The third-order valence-corrected chi connectivity index (χ3v) is 7.12. The number of nitrogens with one attached hydrogen (secondary N) is 1. The summed E-state index contributed by atoms with van der Waals surface area (Å²) in [6.45, 7) is 3.80. The molecule has 0 radical (unpaired) electrons. The van der Waals surface area contributed by atoms with Gasteiger partial charge in [0.1, 0.15) is 11.5 Å². The van der Waals surface area contributed by atoms with E-state index in [0.717, 1.165) is 4.57 Å². The van der Waals surface area contributed by atoms with Gasteiger partial charge in [0, 0.05) is 11.8 Å². The molecular weight excluding hydrogens is 482 g/mol. The fourth-order valence-electron chi connectivity index (χ4n) is 4.00. The molecule has 0 saturated carbocycles. The second-order valence-electron chi connectivity index (χ2n) is 8.75. The van der Waals surface area contributed by atoms with Crippen molar-refractivity contribution in [1.82, 2.24) is 14.3 Å². The molecule has 1 unspecified atom stereocenters. The first-order valence-corrected chi connectivity index (χ1v) is 12.7. The Morgan fingerprint density at radius 1 is 1.03 bits per heavy atom. The van der Waals surface area contributed by atoms with Gasteiger partial charge < -0.3 is 5.73 Å². The summed E-state index contributed by atoms with van der Waals surface area (Å²) < 4.78 is 30.4. The van der Waals surface area contributed by atoms with Gasteiger partial charge in [0.15, 0.2) is 0 Å². The molecule has 0 aliphatic carbocycles. The Morgan fingerprint density at radius 2 is 1.67 bits per heavy atom. The van der Waals surface area contributed by atoms with Crippen LogP contribution in [0.1, 0.15) is 32.1 Å². The molecule has 0 saturated heterocycles. The van der Waals surface area contributed by atoms with E-state index in [1.54, 1.807) is 30.3 Å². The van der Waals surface area contributed by atoms with E-state index in [-0.39, 0.29) is 39.8 Å². The maximum Gasteiger partial charge on any atom is 0.293 e. The number of nitro groups is 1. The van der Waals surface area contributed by atoms with Gasteiger partial charge in [-0.05, 0) is 54.8 Å². The maximum atomic E-state index is 13.7. The average molecular weight is 508 g/mol. The molecule has 1 heterocycles. The van der Waals surface area contributed by atoms with Crippen LogP contribution >= 0.6 is 0 Å². The van der Waals surface area contributed by atoms with Gasteiger partial charge in [-0.3, -0.25) is 19.5 Å². The second kappa shape index (κ2) is 9.88. The lowest BCUT2D eigenvalue weighted by Crippen LogP contribution is -2.35. The first-order valence-electron chi connectivity index (χ1n) is 11.2. The van der Waals surface area contributed by atoms with Crippen LogP contribution in [0, 0.1) is 16.0 Å². The molecule has 1 atom stereocenters. The number of anilines is 1. The predicted octanol–water partition coefficient (Wildman–Crippen LogP) is 3.94. The minimum absolute atomic E-state index is 0.00110. The fraction of sp³-hybridized carbons (Fsp3) is 0.200. The van der Waals surface area contributed by atoms with Crippen molar-refractivity contribution >= 4 is 32.3 Å². The van der Waals surface area contributed by atoms with E-state index < -0.39 is 26.5 Å². The van der Waals surface area contributed by atoms with Crippen molar-refractivity contribution in [2.45, 2.75) is 31.2 Å². The summed E-state index contributed by atoms with van der Waals surface area (Å²) in [4.78, 5) is 29.6.